The molecule has 0 aromatic heterocycles. The highest BCUT2D eigenvalue weighted by atomic mass is 79.9. The standard InChI is InChI=1S/C53H49BrF2N2O4/c1-4-12-37-15-26-50(51(54)31-37)41-19-27-47(43(34-41)35-57-58-36(3)39-18-28-49-42(32-39)33-40-13-8-9-14-48(40)49)38-16-22-46(23-17-38)62-53(55,56)44-20-24-45(25-21-44)60-29-10-6-7-11-30-61-52(59)5-2/h5,8-9,13-28,31-32,34-35H,2,4,6-7,10-12,29-30,33H2,1,3H3/b57-35+,58-36+. The molecular formula is C53H49BrF2N2O4. The number of unbranched alkanes of at least 4 members (excludes halogenated alkanes) is 3. The van der Waals surface area contributed by atoms with Crippen molar-refractivity contribution in [3.63, 3.8) is 0 Å². The SMILES string of the molecule is C=CC(=O)OCCCCCCOc1ccc(C(F)(F)Oc2ccc(-c3ccc(-c4ccc(CCC)cc4Br)cc3/C=N/N=C(\C)c3ccc4c(c3)Cc3ccccc3-4)cc2)cc1. The normalized spacial score (nSPS) is 12.2. The fraction of sp³-hybridized carbons (Fsp3) is 0.226. The van der Waals surface area contributed by atoms with Gasteiger partial charge in [-0.15, -0.1) is 0 Å². The Morgan fingerprint density at radius 3 is 2.21 bits per heavy atom. The van der Waals surface area contributed by atoms with Crippen molar-refractivity contribution in [1.82, 2.24) is 0 Å². The van der Waals surface area contributed by atoms with Crippen LogP contribution in [0.25, 0.3) is 33.4 Å². The minimum atomic E-state index is -3.58. The van der Waals surface area contributed by atoms with Crippen LogP contribution in [0, 0.1) is 0 Å². The van der Waals surface area contributed by atoms with Crippen LogP contribution in [0.3, 0.4) is 0 Å². The third-order valence-corrected chi connectivity index (χ3v) is 11.5. The zero-order valence-electron chi connectivity index (χ0n) is 35.0. The molecule has 0 unspecified atom stereocenters. The Bertz CT molecular complexity index is 2590. The molecular weight excluding hydrogens is 846 g/mol. The third-order valence-electron chi connectivity index (χ3n) is 10.9. The average molecular weight is 896 g/mol. The van der Waals surface area contributed by atoms with Gasteiger partial charge in [0.05, 0.1) is 30.7 Å². The largest absolute Gasteiger partial charge is 0.494 e. The smallest absolute Gasteiger partial charge is 0.426 e. The van der Waals surface area contributed by atoms with Crippen LogP contribution in [0.4, 0.5) is 8.78 Å². The molecule has 1 aliphatic rings. The first kappa shape index (κ1) is 43.9. The zero-order chi connectivity index (χ0) is 43.5. The maximum absolute atomic E-state index is 15.4. The number of hydrogen-bond acceptors (Lipinski definition) is 6. The van der Waals surface area contributed by atoms with Crippen molar-refractivity contribution in [3.8, 4) is 44.9 Å². The van der Waals surface area contributed by atoms with E-state index in [1.54, 1.807) is 30.5 Å². The van der Waals surface area contributed by atoms with Crippen molar-refractivity contribution in [2.75, 3.05) is 13.2 Å². The van der Waals surface area contributed by atoms with Gasteiger partial charge < -0.3 is 14.2 Å². The Kier molecular flexibility index (Phi) is 14.6. The monoisotopic (exact) mass is 894 g/mol. The lowest BCUT2D eigenvalue weighted by molar-refractivity contribution is -0.185. The Morgan fingerprint density at radius 2 is 1.45 bits per heavy atom. The average Bonchev–Trinajstić information content (AvgIpc) is 3.66. The van der Waals surface area contributed by atoms with Gasteiger partial charge in [0.2, 0.25) is 0 Å². The molecule has 6 nitrogen and oxygen atoms in total. The Labute approximate surface area is 371 Å². The number of hydrogen-bond donors (Lipinski definition) is 0. The molecule has 0 spiro atoms. The lowest BCUT2D eigenvalue weighted by atomic mass is 9.94. The predicted molar refractivity (Wildman–Crippen MR) is 250 cm³/mol. The number of nitrogens with zero attached hydrogens (tertiary/aromatic N) is 2. The van der Waals surface area contributed by atoms with Crippen molar-refractivity contribution in [2.45, 2.75) is 64.9 Å². The molecule has 0 amide bonds. The van der Waals surface area contributed by atoms with Crippen LogP contribution in [0.5, 0.6) is 11.5 Å². The van der Waals surface area contributed by atoms with Crippen LogP contribution >= 0.6 is 15.9 Å². The van der Waals surface area contributed by atoms with Gasteiger partial charge in [0.1, 0.15) is 11.5 Å². The van der Waals surface area contributed by atoms with E-state index in [9.17, 15) is 4.79 Å². The van der Waals surface area contributed by atoms with Crippen LogP contribution in [0.15, 0.2) is 155 Å². The van der Waals surface area contributed by atoms with Crippen LogP contribution in [-0.4, -0.2) is 31.1 Å². The molecule has 6 aromatic rings. The number of alkyl halides is 2. The number of fused-ring (bicyclic) bond motifs is 3. The summed E-state index contributed by atoms with van der Waals surface area (Å²) in [6.45, 7) is 8.31. The van der Waals surface area contributed by atoms with Crippen LogP contribution < -0.4 is 9.47 Å². The van der Waals surface area contributed by atoms with E-state index in [4.69, 9.17) is 14.2 Å². The molecule has 0 aliphatic heterocycles. The summed E-state index contributed by atoms with van der Waals surface area (Å²) in [6.07, 6.45) is 5.60. The summed E-state index contributed by atoms with van der Waals surface area (Å²) in [5.41, 5.74) is 12.5. The molecule has 316 valence electrons. The number of benzene rings is 6. The molecule has 6 aromatic carbocycles. The van der Waals surface area contributed by atoms with Crippen molar-refractivity contribution in [2.24, 2.45) is 10.2 Å². The van der Waals surface area contributed by atoms with Gasteiger partial charge in [-0.1, -0.05) is 109 Å². The van der Waals surface area contributed by atoms with E-state index in [-0.39, 0.29) is 11.3 Å². The van der Waals surface area contributed by atoms with E-state index in [2.05, 4.69) is 112 Å². The predicted octanol–water partition coefficient (Wildman–Crippen LogP) is 13.9. The van der Waals surface area contributed by atoms with E-state index in [0.717, 1.165) is 94.6 Å². The van der Waals surface area contributed by atoms with E-state index >= 15 is 8.78 Å². The first-order valence-corrected chi connectivity index (χ1v) is 21.8. The van der Waals surface area contributed by atoms with Crippen molar-refractivity contribution in [3.05, 3.63) is 178 Å². The lowest BCUT2D eigenvalue weighted by Gasteiger charge is -2.19. The molecule has 0 saturated carbocycles. The number of esters is 1. The number of aryl methyl sites for hydroxylation is 1. The van der Waals surface area contributed by atoms with Gasteiger partial charge in [0.15, 0.2) is 0 Å². The second kappa shape index (κ2) is 20.6. The van der Waals surface area contributed by atoms with E-state index in [1.165, 1.54) is 52.1 Å². The number of ether oxygens (including phenoxy) is 3. The summed E-state index contributed by atoms with van der Waals surface area (Å²) < 4.78 is 47.8. The van der Waals surface area contributed by atoms with Crippen molar-refractivity contribution < 1.29 is 27.8 Å². The van der Waals surface area contributed by atoms with E-state index < -0.39 is 12.1 Å². The summed E-state index contributed by atoms with van der Waals surface area (Å²) in [5, 5.41) is 9.21. The second-order valence-electron chi connectivity index (χ2n) is 15.3. The van der Waals surface area contributed by atoms with Crippen LogP contribution in [0.1, 0.15) is 79.3 Å². The molecule has 0 radical (unpaired) electrons. The maximum atomic E-state index is 15.4. The maximum Gasteiger partial charge on any atom is 0.426 e. The van der Waals surface area contributed by atoms with Gasteiger partial charge in [0.25, 0.3) is 0 Å². The fourth-order valence-electron chi connectivity index (χ4n) is 7.58. The van der Waals surface area contributed by atoms with Crippen molar-refractivity contribution >= 4 is 33.8 Å². The summed E-state index contributed by atoms with van der Waals surface area (Å²) in [7, 11) is 0. The Balaban J connectivity index is 1.04. The summed E-state index contributed by atoms with van der Waals surface area (Å²) in [6, 6.07) is 39.9. The molecule has 0 fully saturated rings. The molecule has 0 N–H and O–H groups in total. The van der Waals surface area contributed by atoms with Gasteiger partial charge >= 0.3 is 12.1 Å². The molecule has 62 heavy (non-hydrogen) atoms. The van der Waals surface area contributed by atoms with Gasteiger partial charge in [0, 0.05) is 16.1 Å². The van der Waals surface area contributed by atoms with E-state index in [1.807, 2.05) is 13.0 Å². The quantitative estimate of drug-likeness (QED) is 0.0267. The molecule has 0 bridgehead atoms. The first-order valence-electron chi connectivity index (χ1n) is 21.0. The second-order valence-corrected chi connectivity index (χ2v) is 16.2. The van der Waals surface area contributed by atoms with Crippen LogP contribution in [-0.2, 0) is 28.5 Å². The molecule has 0 heterocycles. The molecule has 0 saturated heterocycles. The van der Waals surface area contributed by atoms with Gasteiger partial charge in [-0.2, -0.15) is 19.0 Å². The molecule has 7 rings (SSSR count). The van der Waals surface area contributed by atoms with Gasteiger partial charge in [-0.25, -0.2) is 4.79 Å². The minimum absolute atomic E-state index is 0.0268. The Morgan fingerprint density at radius 1 is 0.758 bits per heavy atom. The Hall–Kier alpha value is -6.19. The summed E-state index contributed by atoms with van der Waals surface area (Å²) in [4.78, 5) is 11.1. The van der Waals surface area contributed by atoms with Gasteiger partial charge in [-0.3, -0.25) is 0 Å². The number of carbonyl (C=O) groups excluding carboxylic acids is 1. The highest BCUT2D eigenvalue weighted by Gasteiger charge is 2.34. The van der Waals surface area contributed by atoms with Gasteiger partial charge in [-0.05, 0) is 156 Å². The zero-order valence-corrected chi connectivity index (χ0v) is 36.6. The highest BCUT2D eigenvalue weighted by molar-refractivity contribution is 9.10. The molecule has 1 aliphatic carbocycles. The lowest BCUT2D eigenvalue weighted by Crippen LogP contribution is -2.21. The number of rotatable bonds is 19. The topological polar surface area (TPSA) is 69.5 Å². The van der Waals surface area contributed by atoms with E-state index in [0.29, 0.717) is 19.0 Å². The van der Waals surface area contributed by atoms with Crippen LogP contribution in [0.2, 0.25) is 0 Å². The summed E-state index contributed by atoms with van der Waals surface area (Å²) >= 11 is 3.80. The first-order chi connectivity index (χ1) is 30.1. The minimum Gasteiger partial charge on any atom is -0.494 e. The molecule has 9 heteroatoms. The molecule has 0 atom stereocenters. The number of carbonyl (C=O) groups is 1. The van der Waals surface area contributed by atoms with Crippen molar-refractivity contribution in [1.29, 1.82) is 0 Å². The third kappa shape index (κ3) is 11.0. The fourth-order valence-corrected chi connectivity index (χ4v) is 8.23. The number of halogens is 3. The summed E-state index contributed by atoms with van der Waals surface area (Å²) in [5.74, 6) is 0.0992. The highest BCUT2D eigenvalue weighted by Crippen LogP contribution is 2.38.